The molecule has 10 heteroatoms. The third-order valence-corrected chi connectivity index (χ3v) is 3.57. The molecule has 0 aliphatic heterocycles. The maximum Gasteiger partial charge on any atom is 0.421 e. The fraction of sp³-hybridized carbons (Fsp3) is 0.389. The first-order valence-corrected chi connectivity index (χ1v) is 8.58. The maximum absolute atomic E-state index is 13.2. The molecule has 0 atom stereocenters. The van der Waals surface area contributed by atoms with E-state index in [0.29, 0.717) is 5.69 Å². The first-order chi connectivity index (χ1) is 13.1. The highest BCUT2D eigenvalue weighted by Gasteiger charge is 2.35. The quantitative estimate of drug-likeness (QED) is 0.596. The molecule has 2 aromatic rings. The Morgan fingerprint density at radius 3 is 2.61 bits per heavy atom. The van der Waals surface area contributed by atoms with Gasteiger partial charge >= 0.3 is 6.18 Å². The van der Waals surface area contributed by atoms with Gasteiger partial charge < -0.3 is 20.9 Å². The molecule has 152 valence electrons. The Bertz CT molecular complexity index is 810. The number of alkyl halides is 3. The number of nitrogens with one attached hydrogen (secondary N) is 3. The summed E-state index contributed by atoms with van der Waals surface area (Å²) in [5.41, 5.74) is 0.737. The summed E-state index contributed by atoms with van der Waals surface area (Å²) in [5.74, 6) is -0.572. The minimum absolute atomic E-state index is 0.0389. The Labute approximate surface area is 161 Å². The molecule has 2 rings (SSSR count). The van der Waals surface area contributed by atoms with Crippen LogP contribution in [0.4, 0.5) is 30.6 Å². The van der Waals surface area contributed by atoms with Crippen molar-refractivity contribution in [2.75, 3.05) is 37.8 Å². The summed E-state index contributed by atoms with van der Waals surface area (Å²) in [6.07, 6.45) is -3.86. The number of amides is 1. The van der Waals surface area contributed by atoms with Gasteiger partial charge in [-0.1, -0.05) is 12.1 Å². The van der Waals surface area contributed by atoms with Crippen LogP contribution >= 0.6 is 0 Å². The molecule has 0 unspecified atom stereocenters. The summed E-state index contributed by atoms with van der Waals surface area (Å²) in [5, 5.41) is 8.04. The van der Waals surface area contributed by atoms with Crippen molar-refractivity contribution in [3.05, 3.63) is 41.6 Å². The fourth-order valence-electron chi connectivity index (χ4n) is 2.45. The van der Waals surface area contributed by atoms with Gasteiger partial charge in [0.15, 0.2) is 0 Å². The van der Waals surface area contributed by atoms with Crippen LogP contribution in [0.25, 0.3) is 0 Å². The van der Waals surface area contributed by atoms with E-state index in [1.54, 1.807) is 6.07 Å². The monoisotopic (exact) mass is 396 g/mol. The minimum Gasteiger partial charge on any atom is -0.368 e. The Morgan fingerprint density at radius 1 is 1.21 bits per heavy atom. The second-order valence-corrected chi connectivity index (χ2v) is 6.43. The predicted octanol–water partition coefficient (Wildman–Crippen LogP) is 2.85. The van der Waals surface area contributed by atoms with Crippen molar-refractivity contribution in [1.82, 2.24) is 20.2 Å². The molecular weight excluding hydrogens is 373 g/mol. The van der Waals surface area contributed by atoms with Crippen molar-refractivity contribution in [2.45, 2.75) is 19.6 Å². The second-order valence-electron chi connectivity index (χ2n) is 6.43. The first kappa shape index (κ1) is 21.4. The predicted molar refractivity (Wildman–Crippen MR) is 101 cm³/mol. The maximum atomic E-state index is 13.2. The SMILES string of the molecule is CC(=O)NCCNc1nc(Nc2cccc(CN(C)C)c2)ncc1C(F)(F)F. The van der Waals surface area contributed by atoms with Crippen molar-refractivity contribution in [2.24, 2.45) is 0 Å². The van der Waals surface area contributed by atoms with E-state index in [9.17, 15) is 18.0 Å². The lowest BCUT2D eigenvalue weighted by atomic mass is 10.2. The molecule has 1 amide bonds. The molecule has 0 saturated carbocycles. The van der Waals surface area contributed by atoms with Crippen LogP contribution in [0.15, 0.2) is 30.5 Å². The van der Waals surface area contributed by atoms with Crippen LogP contribution < -0.4 is 16.0 Å². The summed E-state index contributed by atoms with van der Waals surface area (Å²) in [4.78, 5) is 20.6. The summed E-state index contributed by atoms with van der Waals surface area (Å²) in [6.45, 7) is 2.32. The Morgan fingerprint density at radius 2 is 1.96 bits per heavy atom. The van der Waals surface area contributed by atoms with Gasteiger partial charge in [-0.05, 0) is 31.8 Å². The van der Waals surface area contributed by atoms with Crippen LogP contribution in [0.1, 0.15) is 18.1 Å². The summed E-state index contributed by atoms with van der Waals surface area (Å²) in [7, 11) is 3.88. The number of halogens is 3. The number of rotatable bonds is 8. The van der Waals surface area contributed by atoms with Crippen molar-refractivity contribution in [3.63, 3.8) is 0 Å². The van der Waals surface area contributed by atoms with E-state index in [2.05, 4.69) is 25.9 Å². The lowest BCUT2D eigenvalue weighted by Crippen LogP contribution is -2.27. The highest BCUT2D eigenvalue weighted by Crippen LogP contribution is 2.34. The van der Waals surface area contributed by atoms with E-state index in [-0.39, 0.29) is 30.8 Å². The zero-order valence-corrected chi connectivity index (χ0v) is 15.9. The molecule has 3 N–H and O–H groups in total. The van der Waals surface area contributed by atoms with Crippen LogP contribution in [0.3, 0.4) is 0 Å². The van der Waals surface area contributed by atoms with Crippen LogP contribution in [0.5, 0.6) is 0 Å². The molecule has 0 bridgehead atoms. The third kappa shape index (κ3) is 6.69. The molecule has 0 fully saturated rings. The number of carbonyl (C=O) groups excluding carboxylic acids is 1. The number of hydrogen-bond acceptors (Lipinski definition) is 6. The van der Waals surface area contributed by atoms with Crippen molar-refractivity contribution in [1.29, 1.82) is 0 Å². The first-order valence-electron chi connectivity index (χ1n) is 8.58. The average Bonchev–Trinajstić information content (AvgIpc) is 2.57. The van der Waals surface area contributed by atoms with Crippen molar-refractivity contribution < 1.29 is 18.0 Å². The molecule has 1 heterocycles. The van der Waals surface area contributed by atoms with Crippen LogP contribution in [0.2, 0.25) is 0 Å². The number of anilines is 3. The van der Waals surface area contributed by atoms with Gasteiger partial charge in [0, 0.05) is 38.4 Å². The zero-order chi connectivity index (χ0) is 20.7. The zero-order valence-electron chi connectivity index (χ0n) is 15.9. The number of nitrogens with zero attached hydrogens (tertiary/aromatic N) is 3. The topological polar surface area (TPSA) is 82.2 Å². The fourth-order valence-corrected chi connectivity index (χ4v) is 2.45. The Hall–Kier alpha value is -2.88. The molecule has 0 aliphatic rings. The Kier molecular flexibility index (Phi) is 7.16. The average molecular weight is 396 g/mol. The van der Waals surface area contributed by atoms with Crippen molar-refractivity contribution in [3.8, 4) is 0 Å². The van der Waals surface area contributed by atoms with Gasteiger partial charge in [0.25, 0.3) is 0 Å². The van der Waals surface area contributed by atoms with Gasteiger partial charge in [-0.25, -0.2) is 4.98 Å². The van der Waals surface area contributed by atoms with E-state index in [1.807, 2.05) is 37.2 Å². The largest absolute Gasteiger partial charge is 0.421 e. The van der Waals surface area contributed by atoms with E-state index in [1.165, 1.54) is 6.92 Å². The molecule has 0 saturated heterocycles. The lowest BCUT2D eigenvalue weighted by Gasteiger charge is -2.15. The summed E-state index contributed by atoms with van der Waals surface area (Å²) >= 11 is 0. The van der Waals surface area contributed by atoms with Gasteiger partial charge in [0.2, 0.25) is 11.9 Å². The van der Waals surface area contributed by atoms with Crippen LogP contribution in [-0.2, 0) is 17.5 Å². The van der Waals surface area contributed by atoms with E-state index in [4.69, 9.17) is 0 Å². The molecule has 28 heavy (non-hydrogen) atoms. The van der Waals surface area contributed by atoms with Gasteiger partial charge in [0.05, 0.1) is 0 Å². The van der Waals surface area contributed by atoms with Crippen LogP contribution in [0, 0.1) is 0 Å². The highest BCUT2D eigenvalue weighted by molar-refractivity contribution is 5.72. The molecule has 1 aromatic heterocycles. The van der Waals surface area contributed by atoms with Crippen LogP contribution in [-0.4, -0.2) is 48.0 Å². The summed E-state index contributed by atoms with van der Waals surface area (Å²) in [6, 6.07) is 7.46. The Balaban J connectivity index is 2.18. The van der Waals surface area contributed by atoms with E-state index in [0.717, 1.165) is 18.3 Å². The number of carbonyl (C=O) groups is 1. The third-order valence-electron chi connectivity index (χ3n) is 3.57. The van der Waals surface area contributed by atoms with Gasteiger partial charge in [-0.15, -0.1) is 0 Å². The number of aromatic nitrogens is 2. The molecule has 1 aromatic carbocycles. The molecule has 0 aliphatic carbocycles. The summed E-state index contributed by atoms with van der Waals surface area (Å²) < 4.78 is 39.6. The smallest absolute Gasteiger partial charge is 0.368 e. The minimum atomic E-state index is -4.60. The molecule has 7 nitrogen and oxygen atoms in total. The molecule has 0 spiro atoms. The molecule has 0 radical (unpaired) electrons. The van der Waals surface area contributed by atoms with Crippen molar-refractivity contribution >= 4 is 23.4 Å². The van der Waals surface area contributed by atoms with E-state index < -0.39 is 11.7 Å². The highest BCUT2D eigenvalue weighted by atomic mass is 19.4. The van der Waals surface area contributed by atoms with Gasteiger partial charge in [-0.2, -0.15) is 18.2 Å². The van der Waals surface area contributed by atoms with Gasteiger partial charge in [-0.3, -0.25) is 4.79 Å². The standard InChI is InChI=1S/C18H23F3N6O/c1-12(28)22-7-8-23-16-15(18(19,20)21)10-24-17(26-16)25-14-6-4-5-13(9-14)11-27(2)3/h4-6,9-10H,7-8,11H2,1-3H3,(H,22,28)(H2,23,24,25,26). The second kappa shape index (κ2) is 9.36. The van der Waals surface area contributed by atoms with E-state index >= 15 is 0 Å². The molecular formula is C18H23F3N6O. The normalized spacial score (nSPS) is 11.4. The van der Waals surface area contributed by atoms with Gasteiger partial charge in [0.1, 0.15) is 11.4 Å². The lowest BCUT2D eigenvalue weighted by molar-refractivity contribution is -0.137. The number of benzene rings is 1. The number of hydrogen-bond donors (Lipinski definition) is 3.